The van der Waals surface area contributed by atoms with E-state index in [4.69, 9.17) is 4.74 Å². The van der Waals surface area contributed by atoms with Crippen LogP contribution in [0.1, 0.15) is 34.7 Å². The summed E-state index contributed by atoms with van der Waals surface area (Å²) in [5.41, 5.74) is 2.76. The van der Waals surface area contributed by atoms with Gasteiger partial charge in [-0.25, -0.2) is 13.2 Å². The predicted octanol–water partition coefficient (Wildman–Crippen LogP) is 7.73. The Balaban J connectivity index is 1.53. The van der Waals surface area contributed by atoms with Gasteiger partial charge in [0.25, 0.3) is 0 Å². The van der Waals surface area contributed by atoms with Gasteiger partial charge in [-0.3, -0.25) is 9.78 Å². The summed E-state index contributed by atoms with van der Waals surface area (Å²) in [6.07, 6.45) is 1.89. The Kier molecular flexibility index (Phi) is 8.11. The van der Waals surface area contributed by atoms with Gasteiger partial charge in [0.15, 0.2) is 0 Å². The van der Waals surface area contributed by atoms with E-state index in [1.165, 1.54) is 24.3 Å². The van der Waals surface area contributed by atoms with Crippen molar-refractivity contribution in [3.8, 4) is 22.9 Å². The van der Waals surface area contributed by atoms with Crippen LogP contribution in [0.25, 0.3) is 21.9 Å². The molecule has 204 valence electrons. The number of nitriles is 1. The second-order valence-electron chi connectivity index (χ2n) is 9.85. The molecule has 41 heavy (non-hydrogen) atoms. The van der Waals surface area contributed by atoms with E-state index in [-0.39, 0.29) is 30.6 Å². The molecule has 1 heterocycles. The van der Waals surface area contributed by atoms with Gasteiger partial charge in [-0.05, 0) is 76.3 Å². The number of ether oxygens (including phenoxy) is 1. The lowest BCUT2D eigenvalue weighted by Gasteiger charge is -2.20. The zero-order valence-electron chi connectivity index (χ0n) is 22.2. The Morgan fingerprint density at radius 1 is 0.951 bits per heavy atom. The fourth-order valence-corrected chi connectivity index (χ4v) is 5.20. The number of fused-ring (bicyclic) bond motifs is 1. The molecule has 0 aliphatic carbocycles. The number of nitrogens with zero attached hydrogens (tertiary/aromatic N) is 2. The number of aromatic nitrogens is 1. The Morgan fingerprint density at radius 2 is 1.76 bits per heavy atom. The minimum atomic E-state index is -0.715. The maximum atomic E-state index is 14.1. The second kappa shape index (κ2) is 12.1. The number of hydrogen-bond acceptors (Lipinski definition) is 4. The highest BCUT2D eigenvalue weighted by molar-refractivity contribution is 5.92. The van der Waals surface area contributed by atoms with Crippen molar-refractivity contribution in [3.63, 3.8) is 0 Å². The van der Waals surface area contributed by atoms with Gasteiger partial charge in [0.05, 0.1) is 18.4 Å². The summed E-state index contributed by atoms with van der Waals surface area (Å²) in [6.45, 7) is 0. The Hall–Kier alpha value is -4.96. The molecule has 0 amide bonds. The summed E-state index contributed by atoms with van der Waals surface area (Å²) in [4.78, 5) is 18.2. The molecular formula is C34H25F3N2O2. The van der Waals surface area contributed by atoms with E-state index >= 15 is 0 Å². The van der Waals surface area contributed by atoms with E-state index < -0.39 is 23.4 Å². The Labute approximate surface area is 235 Å². The fraction of sp³-hybridized carbons (Fsp3) is 0.147. The average Bonchev–Trinajstić information content (AvgIpc) is 2.96. The molecule has 0 aliphatic heterocycles. The van der Waals surface area contributed by atoms with Gasteiger partial charge in [-0.1, -0.05) is 36.4 Å². The van der Waals surface area contributed by atoms with Crippen molar-refractivity contribution < 1.29 is 22.7 Å². The molecule has 0 saturated heterocycles. The minimum Gasteiger partial charge on any atom is -0.497 e. The number of carbonyl (C=O) groups is 1. The van der Waals surface area contributed by atoms with E-state index in [1.807, 2.05) is 42.5 Å². The maximum absolute atomic E-state index is 14.1. The minimum absolute atomic E-state index is 0.0365. The Morgan fingerprint density at radius 3 is 2.51 bits per heavy atom. The number of ketones is 1. The number of pyridine rings is 1. The van der Waals surface area contributed by atoms with Crippen molar-refractivity contribution in [2.75, 3.05) is 7.11 Å². The number of rotatable bonds is 9. The molecule has 1 aromatic heterocycles. The van der Waals surface area contributed by atoms with Crippen molar-refractivity contribution in [2.45, 2.75) is 25.2 Å². The van der Waals surface area contributed by atoms with Gasteiger partial charge in [-0.2, -0.15) is 5.26 Å². The van der Waals surface area contributed by atoms with Gasteiger partial charge < -0.3 is 4.74 Å². The lowest BCUT2D eigenvalue weighted by Crippen LogP contribution is -2.15. The largest absolute Gasteiger partial charge is 0.497 e. The molecule has 0 fully saturated rings. The van der Waals surface area contributed by atoms with Crippen LogP contribution in [0.5, 0.6) is 5.75 Å². The normalized spacial score (nSPS) is 11.7. The zero-order chi connectivity index (χ0) is 28.9. The number of carbonyl (C=O) groups excluding carboxylic acids is 1. The first kappa shape index (κ1) is 27.6. The highest BCUT2D eigenvalue weighted by Gasteiger charge is 2.23. The van der Waals surface area contributed by atoms with Crippen LogP contribution in [0.15, 0.2) is 91.1 Å². The van der Waals surface area contributed by atoms with E-state index in [1.54, 1.807) is 31.5 Å². The van der Waals surface area contributed by atoms with E-state index in [2.05, 4.69) is 4.98 Å². The molecule has 0 aliphatic rings. The third-order valence-corrected chi connectivity index (χ3v) is 7.07. The summed E-state index contributed by atoms with van der Waals surface area (Å²) >= 11 is 0. The number of Topliss-reactive ketones (excluding diaryl/α,β-unsaturated/α-hetero) is 1. The molecule has 7 heteroatoms. The van der Waals surface area contributed by atoms with Gasteiger partial charge in [0.2, 0.25) is 0 Å². The number of halogens is 3. The van der Waals surface area contributed by atoms with Crippen LogP contribution in [0, 0.1) is 28.8 Å². The standard InChI is InChI=1S/C34H25F3N2O2/c1-41-30-9-7-22-4-2-5-23(32(22)19-30)16-29(40)17-25(12-21-13-27(35)18-28(36)14-21)34-31(6-3-11-39-34)24-8-10-33(37)26(15-24)20-38/h2-11,13-15,18-19,25H,12,16-17H2,1H3/t25-/m1/s1. The molecular weight excluding hydrogens is 525 g/mol. The molecule has 0 bridgehead atoms. The first-order chi connectivity index (χ1) is 19.8. The van der Waals surface area contributed by atoms with Crippen LogP contribution in [0.3, 0.4) is 0 Å². The van der Waals surface area contributed by atoms with Crippen LogP contribution < -0.4 is 4.74 Å². The average molecular weight is 551 g/mol. The van der Waals surface area contributed by atoms with Gasteiger partial charge in [0.1, 0.15) is 35.1 Å². The summed E-state index contributed by atoms with van der Waals surface area (Å²) in [6, 6.07) is 24.2. The van der Waals surface area contributed by atoms with Crippen molar-refractivity contribution in [1.82, 2.24) is 4.98 Å². The highest BCUT2D eigenvalue weighted by Crippen LogP contribution is 2.34. The summed E-state index contributed by atoms with van der Waals surface area (Å²) in [7, 11) is 1.58. The molecule has 0 N–H and O–H groups in total. The summed E-state index contributed by atoms with van der Waals surface area (Å²) in [5.74, 6) is -2.04. The van der Waals surface area contributed by atoms with Crippen molar-refractivity contribution in [1.29, 1.82) is 5.26 Å². The monoisotopic (exact) mass is 550 g/mol. The fourth-order valence-electron chi connectivity index (χ4n) is 5.20. The number of hydrogen-bond donors (Lipinski definition) is 0. The third-order valence-electron chi connectivity index (χ3n) is 7.07. The van der Waals surface area contributed by atoms with Crippen molar-refractivity contribution in [3.05, 3.63) is 131 Å². The molecule has 0 radical (unpaired) electrons. The topological polar surface area (TPSA) is 63.0 Å². The lowest BCUT2D eigenvalue weighted by atomic mass is 9.85. The summed E-state index contributed by atoms with van der Waals surface area (Å²) in [5, 5.41) is 11.2. The lowest BCUT2D eigenvalue weighted by molar-refractivity contribution is -0.118. The van der Waals surface area contributed by atoms with E-state index in [0.717, 1.165) is 22.4 Å². The van der Waals surface area contributed by atoms with Crippen LogP contribution in [-0.2, 0) is 17.6 Å². The molecule has 4 nitrogen and oxygen atoms in total. The number of methoxy groups -OCH3 is 1. The van der Waals surface area contributed by atoms with Gasteiger partial charge >= 0.3 is 0 Å². The summed E-state index contributed by atoms with van der Waals surface area (Å²) < 4.78 is 47.7. The molecule has 5 aromatic rings. The van der Waals surface area contributed by atoms with Gasteiger partial charge in [-0.15, -0.1) is 0 Å². The second-order valence-corrected chi connectivity index (χ2v) is 9.85. The first-order valence-corrected chi connectivity index (χ1v) is 13.0. The molecule has 0 saturated carbocycles. The van der Waals surface area contributed by atoms with Crippen LogP contribution >= 0.6 is 0 Å². The van der Waals surface area contributed by atoms with E-state index in [9.17, 15) is 23.2 Å². The molecule has 0 unspecified atom stereocenters. The van der Waals surface area contributed by atoms with Crippen LogP contribution in [0.2, 0.25) is 0 Å². The third kappa shape index (κ3) is 6.28. The maximum Gasteiger partial charge on any atom is 0.140 e. The smallest absolute Gasteiger partial charge is 0.140 e. The predicted molar refractivity (Wildman–Crippen MR) is 151 cm³/mol. The van der Waals surface area contributed by atoms with E-state index in [0.29, 0.717) is 28.1 Å². The molecule has 0 spiro atoms. The van der Waals surface area contributed by atoms with Crippen LogP contribution in [0.4, 0.5) is 13.2 Å². The highest BCUT2D eigenvalue weighted by atomic mass is 19.1. The zero-order valence-corrected chi connectivity index (χ0v) is 22.2. The van der Waals surface area contributed by atoms with Gasteiger partial charge in [0, 0.05) is 36.6 Å². The van der Waals surface area contributed by atoms with Crippen molar-refractivity contribution in [2.24, 2.45) is 0 Å². The Bertz CT molecular complexity index is 1780. The van der Waals surface area contributed by atoms with Crippen LogP contribution in [-0.4, -0.2) is 17.9 Å². The van der Waals surface area contributed by atoms with Crippen molar-refractivity contribution >= 4 is 16.6 Å². The molecule has 1 atom stereocenters. The number of benzene rings is 4. The quantitative estimate of drug-likeness (QED) is 0.188. The first-order valence-electron chi connectivity index (χ1n) is 13.0. The molecule has 4 aromatic carbocycles. The molecule has 5 rings (SSSR count). The SMILES string of the molecule is COc1ccc2cccc(CC(=O)C[C@@H](Cc3cc(F)cc(F)c3)c3ncccc3-c3ccc(F)c(C#N)c3)c2c1.